The van der Waals surface area contributed by atoms with Gasteiger partial charge in [-0.2, -0.15) is 0 Å². The average Bonchev–Trinajstić information content (AvgIpc) is 2.59. The minimum Gasteiger partial charge on any atom is -0.396 e. The van der Waals surface area contributed by atoms with Crippen LogP contribution in [0, 0.1) is 16.0 Å². The zero-order chi connectivity index (χ0) is 16.8. The standard InChI is InChI=1S/C16H23N3O4/c1-18(14-6-4-13(11-20)5-7-14)16(21)17-10-12-2-8-15(9-3-12)19(22)23/h2-3,8-9,13-14,20H,4-7,10-11H2,1H3,(H,17,21). The van der Waals surface area contributed by atoms with Gasteiger partial charge in [0.15, 0.2) is 0 Å². The quantitative estimate of drug-likeness (QED) is 0.642. The molecule has 2 N–H and O–H groups in total. The summed E-state index contributed by atoms with van der Waals surface area (Å²) in [6, 6.07) is 6.21. The van der Waals surface area contributed by atoms with Crippen LogP contribution in [0.15, 0.2) is 24.3 Å². The van der Waals surface area contributed by atoms with Gasteiger partial charge in [0.2, 0.25) is 0 Å². The number of aliphatic hydroxyl groups is 1. The first-order valence-electron chi connectivity index (χ1n) is 7.86. The van der Waals surface area contributed by atoms with Crippen LogP contribution in [-0.2, 0) is 6.54 Å². The number of nitro benzene ring substituents is 1. The molecule has 23 heavy (non-hydrogen) atoms. The number of carbonyl (C=O) groups is 1. The number of carbonyl (C=O) groups excluding carboxylic acids is 1. The molecule has 1 aliphatic carbocycles. The SMILES string of the molecule is CN(C(=O)NCc1ccc([N+](=O)[O-])cc1)C1CCC(CO)CC1. The van der Waals surface area contributed by atoms with E-state index >= 15 is 0 Å². The van der Waals surface area contributed by atoms with E-state index in [4.69, 9.17) is 5.11 Å². The van der Waals surface area contributed by atoms with E-state index in [1.54, 1.807) is 24.1 Å². The minimum absolute atomic E-state index is 0.0397. The van der Waals surface area contributed by atoms with Crippen LogP contribution in [0.2, 0.25) is 0 Å². The fourth-order valence-corrected chi connectivity index (χ4v) is 2.92. The maximum atomic E-state index is 12.2. The third-order valence-corrected chi connectivity index (χ3v) is 4.53. The highest BCUT2D eigenvalue weighted by Gasteiger charge is 2.26. The first kappa shape index (κ1) is 17.2. The fourth-order valence-electron chi connectivity index (χ4n) is 2.92. The van der Waals surface area contributed by atoms with Crippen molar-refractivity contribution >= 4 is 11.7 Å². The van der Waals surface area contributed by atoms with Crippen molar-refractivity contribution < 1.29 is 14.8 Å². The molecule has 1 aromatic carbocycles. The number of aliphatic hydroxyl groups excluding tert-OH is 1. The summed E-state index contributed by atoms with van der Waals surface area (Å²) in [5.41, 5.74) is 0.860. The Hall–Kier alpha value is -2.15. The molecule has 1 fully saturated rings. The van der Waals surface area contributed by atoms with Crippen molar-refractivity contribution in [3.8, 4) is 0 Å². The molecule has 7 heteroatoms. The lowest BCUT2D eigenvalue weighted by atomic mass is 9.86. The van der Waals surface area contributed by atoms with Gasteiger partial charge in [0.1, 0.15) is 0 Å². The van der Waals surface area contributed by atoms with Gasteiger partial charge in [-0.25, -0.2) is 4.79 Å². The van der Waals surface area contributed by atoms with Crippen molar-refractivity contribution in [1.29, 1.82) is 0 Å². The van der Waals surface area contributed by atoms with Gasteiger partial charge >= 0.3 is 6.03 Å². The summed E-state index contributed by atoms with van der Waals surface area (Å²) in [6.45, 7) is 0.565. The van der Waals surface area contributed by atoms with Crippen molar-refractivity contribution in [2.45, 2.75) is 38.3 Å². The predicted octanol–water partition coefficient (Wildman–Crippen LogP) is 2.29. The second-order valence-corrected chi connectivity index (χ2v) is 6.05. The molecule has 7 nitrogen and oxygen atoms in total. The fraction of sp³-hybridized carbons (Fsp3) is 0.562. The van der Waals surface area contributed by atoms with Gasteiger partial charge in [-0.1, -0.05) is 12.1 Å². The van der Waals surface area contributed by atoms with Gasteiger partial charge in [-0.15, -0.1) is 0 Å². The number of nitrogens with zero attached hydrogens (tertiary/aromatic N) is 2. The normalized spacial score (nSPS) is 20.8. The van der Waals surface area contributed by atoms with Gasteiger partial charge in [0, 0.05) is 38.4 Å². The van der Waals surface area contributed by atoms with Crippen LogP contribution in [0.3, 0.4) is 0 Å². The minimum atomic E-state index is -0.446. The molecular weight excluding hydrogens is 298 g/mol. The molecule has 0 bridgehead atoms. The summed E-state index contributed by atoms with van der Waals surface area (Å²) in [4.78, 5) is 24.1. The zero-order valence-electron chi connectivity index (χ0n) is 13.3. The molecule has 1 saturated carbocycles. The number of nitro groups is 1. The number of nitrogens with one attached hydrogen (secondary N) is 1. The van der Waals surface area contributed by atoms with E-state index in [1.807, 2.05) is 0 Å². The van der Waals surface area contributed by atoms with Gasteiger partial charge in [0.25, 0.3) is 5.69 Å². The Labute approximate surface area is 135 Å². The van der Waals surface area contributed by atoms with E-state index < -0.39 is 4.92 Å². The third-order valence-electron chi connectivity index (χ3n) is 4.53. The number of amides is 2. The van der Waals surface area contributed by atoms with Crippen LogP contribution < -0.4 is 5.32 Å². The van der Waals surface area contributed by atoms with E-state index in [-0.39, 0.29) is 24.4 Å². The molecule has 0 radical (unpaired) electrons. The van der Waals surface area contributed by atoms with Crippen molar-refractivity contribution in [2.24, 2.45) is 5.92 Å². The Bertz CT molecular complexity index is 539. The highest BCUT2D eigenvalue weighted by Crippen LogP contribution is 2.26. The molecule has 126 valence electrons. The number of hydrogen-bond donors (Lipinski definition) is 2. The number of non-ortho nitro benzene ring substituents is 1. The maximum Gasteiger partial charge on any atom is 0.317 e. The van der Waals surface area contributed by atoms with Crippen molar-refractivity contribution in [2.75, 3.05) is 13.7 Å². The first-order valence-corrected chi connectivity index (χ1v) is 7.86. The highest BCUT2D eigenvalue weighted by atomic mass is 16.6. The van der Waals surface area contributed by atoms with Crippen molar-refractivity contribution in [3.05, 3.63) is 39.9 Å². The predicted molar refractivity (Wildman–Crippen MR) is 85.9 cm³/mol. The lowest BCUT2D eigenvalue weighted by Gasteiger charge is -2.34. The summed E-state index contributed by atoms with van der Waals surface area (Å²) in [5.74, 6) is 0.364. The molecule has 2 rings (SSSR count). The van der Waals surface area contributed by atoms with Crippen LogP contribution in [0.5, 0.6) is 0 Å². The van der Waals surface area contributed by atoms with E-state index in [9.17, 15) is 14.9 Å². The molecule has 0 unspecified atom stereocenters. The average molecular weight is 321 g/mol. The molecule has 1 aromatic rings. The molecule has 2 amide bonds. The topological polar surface area (TPSA) is 95.7 Å². The monoisotopic (exact) mass is 321 g/mol. The van der Waals surface area contributed by atoms with Gasteiger partial charge in [-0.05, 0) is 37.2 Å². The molecule has 0 aromatic heterocycles. The van der Waals surface area contributed by atoms with E-state index in [1.165, 1.54) is 12.1 Å². The van der Waals surface area contributed by atoms with Gasteiger partial charge in [0.05, 0.1) is 4.92 Å². The summed E-state index contributed by atoms with van der Waals surface area (Å²) < 4.78 is 0. The highest BCUT2D eigenvalue weighted by molar-refractivity contribution is 5.74. The van der Waals surface area contributed by atoms with E-state index in [0.29, 0.717) is 12.5 Å². The Morgan fingerprint density at radius 1 is 1.30 bits per heavy atom. The van der Waals surface area contributed by atoms with Crippen molar-refractivity contribution in [3.63, 3.8) is 0 Å². The molecule has 1 aliphatic rings. The largest absolute Gasteiger partial charge is 0.396 e. The van der Waals surface area contributed by atoms with Crippen LogP contribution in [-0.4, -0.2) is 40.7 Å². The molecule has 0 saturated heterocycles. The number of hydrogen-bond acceptors (Lipinski definition) is 4. The van der Waals surface area contributed by atoms with Crippen LogP contribution in [0.1, 0.15) is 31.2 Å². The lowest BCUT2D eigenvalue weighted by Crippen LogP contribution is -2.45. The van der Waals surface area contributed by atoms with E-state index in [0.717, 1.165) is 31.2 Å². The number of rotatable bonds is 5. The lowest BCUT2D eigenvalue weighted by molar-refractivity contribution is -0.384. The van der Waals surface area contributed by atoms with Crippen LogP contribution in [0.4, 0.5) is 10.5 Å². The van der Waals surface area contributed by atoms with Crippen molar-refractivity contribution in [1.82, 2.24) is 10.2 Å². The summed E-state index contributed by atoms with van der Waals surface area (Å²) in [6.07, 6.45) is 3.71. The van der Waals surface area contributed by atoms with Gasteiger partial charge < -0.3 is 15.3 Å². The van der Waals surface area contributed by atoms with E-state index in [2.05, 4.69) is 5.32 Å². The van der Waals surface area contributed by atoms with Crippen LogP contribution >= 0.6 is 0 Å². The van der Waals surface area contributed by atoms with Gasteiger partial charge in [-0.3, -0.25) is 10.1 Å². The number of benzene rings is 1. The molecule has 0 heterocycles. The number of urea groups is 1. The Balaban J connectivity index is 1.81. The smallest absolute Gasteiger partial charge is 0.317 e. The molecular formula is C16H23N3O4. The summed E-state index contributed by atoms with van der Waals surface area (Å²) >= 11 is 0. The zero-order valence-corrected chi connectivity index (χ0v) is 13.3. The Morgan fingerprint density at radius 3 is 2.43 bits per heavy atom. The Morgan fingerprint density at radius 2 is 1.91 bits per heavy atom. The third kappa shape index (κ3) is 4.66. The van der Waals surface area contributed by atoms with Crippen LogP contribution in [0.25, 0.3) is 0 Å². The molecule has 0 aliphatic heterocycles. The summed E-state index contributed by atoms with van der Waals surface area (Å²) in [7, 11) is 1.79. The maximum absolute atomic E-state index is 12.2. The molecule has 0 atom stereocenters. The summed E-state index contributed by atoms with van der Waals surface area (Å²) in [5, 5.41) is 22.6. The second kappa shape index (κ2) is 7.92. The second-order valence-electron chi connectivity index (χ2n) is 6.05. The Kier molecular flexibility index (Phi) is 5.92. The first-order chi connectivity index (χ1) is 11.0. The molecule has 0 spiro atoms.